The van der Waals surface area contributed by atoms with Crippen molar-refractivity contribution in [3.05, 3.63) is 77.6 Å². The van der Waals surface area contributed by atoms with Crippen LogP contribution in [0.3, 0.4) is 0 Å². The van der Waals surface area contributed by atoms with Crippen LogP contribution in [0.25, 0.3) is 10.8 Å². The van der Waals surface area contributed by atoms with E-state index in [0.717, 1.165) is 22.0 Å². The molecule has 102 valence electrons. The smallest absolute Gasteiger partial charge is 0.123 e. The molecule has 0 heterocycles. The summed E-state index contributed by atoms with van der Waals surface area (Å²) in [6.07, 6.45) is 0. The molecule has 3 heteroatoms. The Kier molecular flexibility index (Phi) is 3.53. The fourth-order valence-electron chi connectivity index (χ4n) is 2.35. The zero-order chi connectivity index (χ0) is 14.7. The molecule has 0 saturated carbocycles. The van der Waals surface area contributed by atoms with E-state index in [9.17, 15) is 4.39 Å². The molecule has 3 aromatic rings. The molecule has 21 heavy (non-hydrogen) atoms. The summed E-state index contributed by atoms with van der Waals surface area (Å²) >= 11 is 0. The Morgan fingerprint density at radius 3 is 2.33 bits per heavy atom. The Balaban J connectivity index is 1.91. The maximum atomic E-state index is 12.9. The minimum Gasteiger partial charge on any atom is -0.380 e. The van der Waals surface area contributed by atoms with Crippen molar-refractivity contribution in [2.45, 2.75) is 6.54 Å². The highest BCUT2D eigenvalue weighted by atomic mass is 19.1. The van der Waals surface area contributed by atoms with E-state index in [4.69, 9.17) is 5.26 Å². The van der Waals surface area contributed by atoms with E-state index in [1.165, 1.54) is 12.1 Å². The Morgan fingerprint density at radius 1 is 0.905 bits per heavy atom. The first-order valence-electron chi connectivity index (χ1n) is 6.68. The van der Waals surface area contributed by atoms with Crippen molar-refractivity contribution in [3.63, 3.8) is 0 Å². The highest BCUT2D eigenvalue weighted by molar-refractivity contribution is 5.97. The predicted molar refractivity (Wildman–Crippen MR) is 82.4 cm³/mol. The highest BCUT2D eigenvalue weighted by Crippen LogP contribution is 2.26. The number of nitriles is 1. The van der Waals surface area contributed by atoms with Gasteiger partial charge in [0.15, 0.2) is 0 Å². The van der Waals surface area contributed by atoms with E-state index in [2.05, 4.69) is 11.4 Å². The minimum absolute atomic E-state index is 0.234. The van der Waals surface area contributed by atoms with E-state index in [1.54, 1.807) is 12.1 Å². The van der Waals surface area contributed by atoms with Gasteiger partial charge in [0.25, 0.3) is 0 Å². The van der Waals surface area contributed by atoms with E-state index in [0.29, 0.717) is 12.1 Å². The summed E-state index contributed by atoms with van der Waals surface area (Å²) in [5.41, 5.74) is 2.64. The molecule has 0 radical (unpaired) electrons. The van der Waals surface area contributed by atoms with Crippen LogP contribution < -0.4 is 5.32 Å². The van der Waals surface area contributed by atoms with Gasteiger partial charge in [-0.05, 0) is 29.8 Å². The molecule has 3 rings (SSSR count). The number of fused-ring (bicyclic) bond motifs is 1. The third-order valence-corrected chi connectivity index (χ3v) is 3.44. The van der Waals surface area contributed by atoms with Gasteiger partial charge in [0.2, 0.25) is 0 Å². The Labute approximate surface area is 122 Å². The molecule has 0 aliphatic rings. The summed E-state index contributed by atoms with van der Waals surface area (Å²) in [4.78, 5) is 0. The zero-order valence-corrected chi connectivity index (χ0v) is 11.3. The molecule has 0 saturated heterocycles. The van der Waals surface area contributed by atoms with Gasteiger partial charge in [0, 0.05) is 23.0 Å². The number of anilines is 1. The average molecular weight is 276 g/mol. The summed E-state index contributed by atoms with van der Waals surface area (Å²) in [5.74, 6) is -0.234. The molecule has 0 aromatic heterocycles. The quantitative estimate of drug-likeness (QED) is 0.766. The second-order valence-electron chi connectivity index (χ2n) is 4.80. The lowest BCUT2D eigenvalue weighted by Crippen LogP contribution is -2.00. The molecule has 0 bridgehead atoms. The highest BCUT2D eigenvalue weighted by Gasteiger charge is 2.05. The zero-order valence-electron chi connectivity index (χ0n) is 11.3. The molecule has 0 atom stereocenters. The Morgan fingerprint density at radius 2 is 1.62 bits per heavy atom. The Hall–Kier alpha value is -2.86. The molecule has 0 fully saturated rings. The molecular weight excluding hydrogens is 263 g/mol. The van der Waals surface area contributed by atoms with Crippen molar-refractivity contribution < 1.29 is 4.39 Å². The average Bonchev–Trinajstić information content (AvgIpc) is 2.54. The van der Waals surface area contributed by atoms with Crippen LogP contribution in [0.1, 0.15) is 11.1 Å². The van der Waals surface area contributed by atoms with Gasteiger partial charge in [-0.2, -0.15) is 5.26 Å². The summed E-state index contributed by atoms with van der Waals surface area (Å²) in [7, 11) is 0. The fraction of sp³-hybridized carbons (Fsp3) is 0.0556. The molecule has 0 unspecified atom stereocenters. The maximum absolute atomic E-state index is 12.9. The normalized spacial score (nSPS) is 10.3. The van der Waals surface area contributed by atoms with Gasteiger partial charge in [-0.25, -0.2) is 4.39 Å². The first-order chi connectivity index (χ1) is 10.3. The van der Waals surface area contributed by atoms with Crippen molar-refractivity contribution >= 4 is 16.5 Å². The molecule has 1 N–H and O–H groups in total. The minimum atomic E-state index is -0.234. The Bertz CT molecular complexity index is 817. The van der Waals surface area contributed by atoms with Crippen LogP contribution >= 0.6 is 0 Å². The van der Waals surface area contributed by atoms with Crippen molar-refractivity contribution in [3.8, 4) is 6.07 Å². The van der Waals surface area contributed by atoms with Crippen LogP contribution in [0.5, 0.6) is 0 Å². The fourth-order valence-corrected chi connectivity index (χ4v) is 2.35. The number of nitrogens with one attached hydrogen (secondary N) is 1. The molecule has 0 spiro atoms. The van der Waals surface area contributed by atoms with Crippen LogP contribution in [-0.2, 0) is 6.54 Å². The molecule has 3 aromatic carbocycles. The monoisotopic (exact) mass is 276 g/mol. The number of benzene rings is 3. The number of nitrogens with zero attached hydrogens (tertiary/aromatic N) is 1. The third kappa shape index (κ3) is 2.70. The summed E-state index contributed by atoms with van der Waals surface area (Å²) < 4.78 is 12.9. The van der Waals surface area contributed by atoms with Gasteiger partial charge in [0.05, 0.1) is 11.6 Å². The molecule has 2 nitrogen and oxygen atoms in total. The lowest BCUT2D eigenvalue weighted by atomic mass is 10.0. The summed E-state index contributed by atoms with van der Waals surface area (Å²) in [6.45, 7) is 0.607. The van der Waals surface area contributed by atoms with Crippen LogP contribution in [0.2, 0.25) is 0 Å². The number of rotatable bonds is 3. The first kappa shape index (κ1) is 13.1. The van der Waals surface area contributed by atoms with Gasteiger partial charge >= 0.3 is 0 Å². The van der Waals surface area contributed by atoms with Gasteiger partial charge < -0.3 is 5.32 Å². The molecular formula is C18H13FN2. The van der Waals surface area contributed by atoms with Gasteiger partial charge in [-0.3, -0.25) is 0 Å². The van der Waals surface area contributed by atoms with Crippen molar-refractivity contribution in [2.75, 3.05) is 5.32 Å². The van der Waals surface area contributed by atoms with Crippen LogP contribution in [-0.4, -0.2) is 0 Å². The van der Waals surface area contributed by atoms with Crippen molar-refractivity contribution in [1.29, 1.82) is 5.26 Å². The second-order valence-corrected chi connectivity index (χ2v) is 4.80. The maximum Gasteiger partial charge on any atom is 0.123 e. The number of hydrogen-bond acceptors (Lipinski definition) is 2. The number of hydrogen-bond donors (Lipinski definition) is 1. The molecule has 0 aliphatic carbocycles. The van der Waals surface area contributed by atoms with Gasteiger partial charge in [-0.15, -0.1) is 0 Å². The summed E-state index contributed by atoms with van der Waals surface area (Å²) in [6, 6.07) is 20.2. The van der Waals surface area contributed by atoms with Crippen molar-refractivity contribution in [2.24, 2.45) is 0 Å². The van der Waals surface area contributed by atoms with E-state index < -0.39 is 0 Å². The lowest BCUT2D eigenvalue weighted by Gasteiger charge is -2.11. The summed E-state index contributed by atoms with van der Waals surface area (Å²) in [5, 5.41) is 14.4. The van der Waals surface area contributed by atoms with Crippen LogP contribution in [0.4, 0.5) is 10.1 Å². The van der Waals surface area contributed by atoms with E-state index in [1.807, 2.05) is 36.4 Å². The second kappa shape index (κ2) is 5.64. The van der Waals surface area contributed by atoms with Crippen LogP contribution in [0, 0.1) is 17.1 Å². The third-order valence-electron chi connectivity index (χ3n) is 3.44. The van der Waals surface area contributed by atoms with E-state index in [-0.39, 0.29) is 5.82 Å². The largest absolute Gasteiger partial charge is 0.380 e. The lowest BCUT2D eigenvalue weighted by molar-refractivity contribution is 0.627. The molecule has 0 aliphatic heterocycles. The first-order valence-corrected chi connectivity index (χ1v) is 6.68. The van der Waals surface area contributed by atoms with Crippen LogP contribution in [0.15, 0.2) is 60.7 Å². The van der Waals surface area contributed by atoms with Gasteiger partial charge in [0.1, 0.15) is 5.82 Å². The number of halogens is 1. The molecule has 0 amide bonds. The standard InChI is InChI=1S/C18H13FN2/c19-15-8-5-13(6-9-15)12-21-18-10-7-14(11-20)16-3-1-2-4-17(16)18/h1-10,21H,12H2. The van der Waals surface area contributed by atoms with E-state index >= 15 is 0 Å². The predicted octanol–water partition coefficient (Wildman–Crippen LogP) is 4.46. The topological polar surface area (TPSA) is 35.8 Å². The van der Waals surface area contributed by atoms with Gasteiger partial charge in [-0.1, -0.05) is 36.4 Å². The van der Waals surface area contributed by atoms with Crippen molar-refractivity contribution in [1.82, 2.24) is 0 Å². The SMILES string of the molecule is N#Cc1ccc(NCc2ccc(F)cc2)c2ccccc12.